The molecule has 1 heterocycles. The van der Waals surface area contributed by atoms with Crippen molar-refractivity contribution in [1.82, 2.24) is 5.32 Å². The highest BCUT2D eigenvalue weighted by atomic mass is 32.1. The van der Waals surface area contributed by atoms with Crippen LogP contribution >= 0.6 is 24.0 Å². The lowest BCUT2D eigenvalue weighted by molar-refractivity contribution is 0.0955. The lowest BCUT2D eigenvalue weighted by atomic mass is 10.0. The Hall–Kier alpha value is -0.480. The Balaban J connectivity index is 1.71. The largest absolute Gasteiger partial charge is 0.351 e. The van der Waals surface area contributed by atoms with E-state index in [0.29, 0.717) is 0 Å². The lowest BCUT2D eigenvalue weighted by Gasteiger charge is -2.08. The Morgan fingerprint density at radius 2 is 2.25 bits per heavy atom. The maximum atomic E-state index is 11.7. The topological polar surface area (TPSA) is 29.1 Å². The molecule has 0 spiro atoms. The number of nitrogens with one attached hydrogen (secondary N) is 1. The molecular formula is C12H17NOS2. The molecule has 0 aliphatic heterocycles. The van der Waals surface area contributed by atoms with Gasteiger partial charge in [-0.3, -0.25) is 4.79 Å². The number of thiophene rings is 1. The van der Waals surface area contributed by atoms with E-state index < -0.39 is 0 Å². The van der Waals surface area contributed by atoms with Gasteiger partial charge in [-0.1, -0.05) is 25.7 Å². The number of carbonyl (C=O) groups is 1. The van der Waals surface area contributed by atoms with E-state index in [2.05, 4.69) is 17.9 Å². The Kier molecular flexibility index (Phi) is 4.29. The standard InChI is InChI=1S/C12H17NOS2/c14-12(11-7-10(15)8-16-11)13-6-5-9-3-1-2-4-9/h7-9,15H,1-6H2,(H,13,14). The summed E-state index contributed by atoms with van der Waals surface area (Å²) >= 11 is 5.64. The van der Waals surface area contributed by atoms with Crippen molar-refractivity contribution >= 4 is 29.9 Å². The second-order valence-corrected chi connectivity index (χ2v) is 5.79. The highest BCUT2D eigenvalue weighted by Crippen LogP contribution is 2.27. The maximum Gasteiger partial charge on any atom is 0.261 e. The third-order valence-corrected chi connectivity index (χ3v) is 4.48. The van der Waals surface area contributed by atoms with Gasteiger partial charge in [0.25, 0.3) is 5.91 Å². The summed E-state index contributed by atoms with van der Waals surface area (Å²) in [4.78, 5) is 13.3. The van der Waals surface area contributed by atoms with Gasteiger partial charge in [-0.05, 0) is 18.4 Å². The number of amides is 1. The van der Waals surface area contributed by atoms with Crippen LogP contribution in [0.2, 0.25) is 0 Å². The first kappa shape index (κ1) is 12.0. The first-order chi connectivity index (χ1) is 7.75. The van der Waals surface area contributed by atoms with E-state index in [1.54, 1.807) is 0 Å². The molecule has 0 radical (unpaired) electrons. The summed E-state index contributed by atoms with van der Waals surface area (Å²) in [6, 6.07) is 1.82. The third kappa shape index (κ3) is 3.25. The van der Waals surface area contributed by atoms with Crippen LogP contribution in [-0.2, 0) is 0 Å². The van der Waals surface area contributed by atoms with Crippen molar-refractivity contribution < 1.29 is 4.79 Å². The Labute approximate surface area is 106 Å². The molecule has 1 aliphatic carbocycles. The van der Waals surface area contributed by atoms with Gasteiger partial charge in [0, 0.05) is 16.8 Å². The van der Waals surface area contributed by atoms with Crippen LogP contribution in [-0.4, -0.2) is 12.5 Å². The molecule has 0 bridgehead atoms. The molecular weight excluding hydrogens is 238 g/mol. The summed E-state index contributed by atoms with van der Waals surface area (Å²) in [7, 11) is 0. The van der Waals surface area contributed by atoms with Crippen LogP contribution in [0, 0.1) is 5.92 Å². The molecule has 0 unspecified atom stereocenters. The van der Waals surface area contributed by atoms with Crippen molar-refractivity contribution in [2.24, 2.45) is 5.92 Å². The van der Waals surface area contributed by atoms with Crippen LogP contribution in [0.4, 0.5) is 0 Å². The summed E-state index contributed by atoms with van der Waals surface area (Å²) in [5, 5.41) is 4.86. The average Bonchev–Trinajstić information content (AvgIpc) is 2.89. The number of rotatable bonds is 4. The summed E-state index contributed by atoms with van der Waals surface area (Å²) in [5.41, 5.74) is 0. The predicted molar refractivity (Wildman–Crippen MR) is 70.5 cm³/mol. The minimum atomic E-state index is 0.0447. The second kappa shape index (κ2) is 5.73. The maximum absolute atomic E-state index is 11.7. The molecule has 0 aromatic carbocycles. The van der Waals surface area contributed by atoms with Crippen molar-refractivity contribution in [3.63, 3.8) is 0 Å². The van der Waals surface area contributed by atoms with Crippen LogP contribution in [0.15, 0.2) is 16.3 Å². The zero-order chi connectivity index (χ0) is 11.4. The third-order valence-electron chi connectivity index (χ3n) is 3.12. The number of hydrogen-bond acceptors (Lipinski definition) is 3. The van der Waals surface area contributed by atoms with Gasteiger partial charge in [-0.25, -0.2) is 0 Å². The summed E-state index contributed by atoms with van der Waals surface area (Å²) in [6.45, 7) is 0.809. The van der Waals surface area contributed by atoms with Crippen LogP contribution in [0.25, 0.3) is 0 Å². The number of hydrogen-bond donors (Lipinski definition) is 2. The van der Waals surface area contributed by atoms with Gasteiger partial charge in [-0.2, -0.15) is 0 Å². The van der Waals surface area contributed by atoms with Gasteiger partial charge in [-0.15, -0.1) is 24.0 Å². The molecule has 1 aromatic heterocycles. The lowest BCUT2D eigenvalue weighted by Crippen LogP contribution is -2.24. The van der Waals surface area contributed by atoms with E-state index in [0.717, 1.165) is 28.7 Å². The van der Waals surface area contributed by atoms with Crippen molar-refractivity contribution in [1.29, 1.82) is 0 Å². The Bertz CT molecular complexity index is 356. The second-order valence-electron chi connectivity index (χ2n) is 4.36. The molecule has 88 valence electrons. The van der Waals surface area contributed by atoms with E-state index in [1.165, 1.54) is 37.0 Å². The zero-order valence-corrected chi connectivity index (χ0v) is 10.9. The van der Waals surface area contributed by atoms with Gasteiger partial charge in [0.05, 0.1) is 4.88 Å². The molecule has 16 heavy (non-hydrogen) atoms. The van der Waals surface area contributed by atoms with E-state index in [9.17, 15) is 4.79 Å². The predicted octanol–water partition coefficient (Wildman–Crippen LogP) is 3.35. The van der Waals surface area contributed by atoms with Gasteiger partial charge >= 0.3 is 0 Å². The Morgan fingerprint density at radius 1 is 1.50 bits per heavy atom. The highest BCUT2D eigenvalue weighted by Gasteiger charge is 2.15. The molecule has 1 aromatic rings. The fourth-order valence-corrected chi connectivity index (χ4v) is 3.29. The summed E-state index contributed by atoms with van der Waals surface area (Å²) in [5.74, 6) is 0.882. The van der Waals surface area contributed by atoms with Crippen LogP contribution in [0.3, 0.4) is 0 Å². The fraction of sp³-hybridized carbons (Fsp3) is 0.583. The average molecular weight is 255 g/mol. The molecule has 1 saturated carbocycles. The highest BCUT2D eigenvalue weighted by molar-refractivity contribution is 7.80. The van der Waals surface area contributed by atoms with Gasteiger partial charge < -0.3 is 5.32 Å². The summed E-state index contributed by atoms with van der Waals surface area (Å²) in [6.07, 6.45) is 6.55. The number of thiol groups is 1. The van der Waals surface area contributed by atoms with E-state index >= 15 is 0 Å². The summed E-state index contributed by atoms with van der Waals surface area (Å²) < 4.78 is 0. The molecule has 1 N–H and O–H groups in total. The van der Waals surface area contributed by atoms with Crippen molar-refractivity contribution in [2.45, 2.75) is 37.0 Å². The normalized spacial score (nSPS) is 16.6. The Morgan fingerprint density at radius 3 is 2.88 bits per heavy atom. The minimum Gasteiger partial charge on any atom is -0.351 e. The van der Waals surface area contributed by atoms with Gasteiger partial charge in [0.15, 0.2) is 0 Å². The smallest absolute Gasteiger partial charge is 0.261 e. The monoisotopic (exact) mass is 255 g/mol. The minimum absolute atomic E-state index is 0.0447. The van der Waals surface area contributed by atoms with E-state index in [1.807, 2.05) is 11.4 Å². The van der Waals surface area contributed by atoms with E-state index in [4.69, 9.17) is 0 Å². The molecule has 2 nitrogen and oxygen atoms in total. The van der Waals surface area contributed by atoms with Crippen molar-refractivity contribution in [3.05, 3.63) is 16.3 Å². The molecule has 1 amide bonds. The van der Waals surface area contributed by atoms with Gasteiger partial charge in [0.1, 0.15) is 0 Å². The first-order valence-corrected chi connectivity index (χ1v) is 7.14. The molecule has 2 rings (SSSR count). The zero-order valence-electron chi connectivity index (χ0n) is 9.24. The molecule has 4 heteroatoms. The quantitative estimate of drug-likeness (QED) is 0.794. The van der Waals surface area contributed by atoms with Crippen LogP contribution in [0.5, 0.6) is 0 Å². The number of carbonyl (C=O) groups excluding carboxylic acids is 1. The fourth-order valence-electron chi connectivity index (χ4n) is 2.22. The van der Waals surface area contributed by atoms with Crippen LogP contribution < -0.4 is 5.32 Å². The SMILES string of the molecule is O=C(NCCC1CCCC1)c1cc(S)cs1. The van der Waals surface area contributed by atoms with Crippen LogP contribution in [0.1, 0.15) is 41.8 Å². The van der Waals surface area contributed by atoms with Crippen molar-refractivity contribution in [2.75, 3.05) is 6.54 Å². The first-order valence-electron chi connectivity index (χ1n) is 5.81. The molecule has 0 saturated heterocycles. The van der Waals surface area contributed by atoms with Crippen molar-refractivity contribution in [3.8, 4) is 0 Å². The van der Waals surface area contributed by atoms with E-state index in [-0.39, 0.29) is 5.91 Å². The van der Waals surface area contributed by atoms with Gasteiger partial charge in [0.2, 0.25) is 0 Å². The molecule has 1 aliphatic rings. The molecule has 1 fully saturated rings. The molecule has 0 atom stereocenters.